The summed E-state index contributed by atoms with van der Waals surface area (Å²) in [5.74, 6) is -0.0483. The van der Waals surface area contributed by atoms with Gasteiger partial charge in [-0.3, -0.25) is 4.79 Å². The zero-order valence-electron chi connectivity index (χ0n) is 14.0. The molecule has 0 aliphatic heterocycles. The lowest BCUT2D eigenvalue weighted by Crippen LogP contribution is -2.14. The minimum atomic E-state index is -0.0483. The molecule has 0 bridgehead atoms. The number of amides is 1. The standard InChI is InChI=1S/C20H19ClN2OS/c1-2-14-5-4-8-17(10-14)22-19(24)12-18-13-25-20(23-18)11-15-6-3-7-16(21)9-15/h3-10,13H,2,11-12H2,1H3,(H,22,24). The number of anilines is 1. The molecule has 5 heteroatoms. The maximum Gasteiger partial charge on any atom is 0.230 e. The van der Waals surface area contributed by atoms with Crippen molar-refractivity contribution in [3.8, 4) is 0 Å². The molecule has 3 aromatic rings. The van der Waals surface area contributed by atoms with Crippen LogP contribution >= 0.6 is 22.9 Å². The summed E-state index contributed by atoms with van der Waals surface area (Å²) in [6, 6.07) is 15.7. The number of aromatic nitrogens is 1. The maximum atomic E-state index is 12.2. The smallest absolute Gasteiger partial charge is 0.230 e. The van der Waals surface area contributed by atoms with Crippen LogP contribution in [0.15, 0.2) is 53.9 Å². The van der Waals surface area contributed by atoms with Gasteiger partial charge in [-0.1, -0.05) is 42.8 Å². The molecule has 0 fully saturated rings. The first-order valence-corrected chi connectivity index (χ1v) is 9.44. The van der Waals surface area contributed by atoms with Gasteiger partial charge in [0.25, 0.3) is 0 Å². The van der Waals surface area contributed by atoms with Gasteiger partial charge in [0.2, 0.25) is 5.91 Å². The van der Waals surface area contributed by atoms with Gasteiger partial charge in [0, 0.05) is 22.5 Å². The van der Waals surface area contributed by atoms with Crippen LogP contribution in [-0.2, 0) is 24.1 Å². The van der Waals surface area contributed by atoms with Crippen LogP contribution in [-0.4, -0.2) is 10.9 Å². The molecular weight excluding hydrogens is 352 g/mol. The van der Waals surface area contributed by atoms with E-state index in [2.05, 4.69) is 23.3 Å². The van der Waals surface area contributed by atoms with E-state index < -0.39 is 0 Å². The average molecular weight is 371 g/mol. The van der Waals surface area contributed by atoms with Crippen LogP contribution in [0.2, 0.25) is 5.02 Å². The van der Waals surface area contributed by atoms with Crippen LogP contribution < -0.4 is 5.32 Å². The van der Waals surface area contributed by atoms with Crippen LogP contribution in [0.1, 0.15) is 28.8 Å². The van der Waals surface area contributed by atoms with Crippen molar-refractivity contribution in [2.45, 2.75) is 26.2 Å². The Kier molecular flexibility index (Phi) is 5.84. The Balaban J connectivity index is 1.59. The third-order valence-electron chi connectivity index (χ3n) is 3.80. The van der Waals surface area contributed by atoms with Crippen molar-refractivity contribution < 1.29 is 4.79 Å². The zero-order valence-corrected chi connectivity index (χ0v) is 15.5. The Morgan fingerprint density at radius 2 is 1.96 bits per heavy atom. The number of aryl methyl sites for hydroxylation is 1. The third kappa shape index (κ3) is 5.15. The SMILES string of the molecule is CCc1cccc(NC(=O)Cc2csc(Cc3cccc(Cl)c3)n2)c1. The Labute approximate surface area is 156 Å². The molecule has 0 aliphatic rings. The molecule has 25 heavy (non-hydrogen) atoms. The Bertz CT molecular complexity index is 875. The molecule has 128 valence electrons. The van der Waals surface area contributed by atoms with E-state index in [4.69, 9.17) is 11.6 Å². The maximum absolute atomic E-state index is 12.2. The largest absolute Gasteiger partial charge is 0.326 e. The molecule has 0 saturated heterocycles. The van der Waals surface area contributed by atoms with Gasteiger partial charge in [0.15, 0.2) is 0 Å². The number of thiazole rings is 1. The van der Waals surface area contributed by atoms with Gasteiger partial charge in [0.05, 0.1) is 17.1 Å². The number of carbonyl (C=O) groups excluding carboxylic acids is 1. The molecule has 1 N–H and O–H groups in total. The third-order valence-corrected chi connectivity index (χ3v) is 4.94. The van der Waals surface area contributed by atoms with E-state index in [-0.39, 0.29) is 12.3 Å². The molecule has 0 unspecified atom stereocenters. The van der Waals surface area contributed by atoms with Crippen LogP contribution in [0.25, 0.3) is 0 Å². The first-order valence-electron chi connectivity index (χ1n) is 8.19. The van der Waals surface area contributed by atoms with Crippen molar-refractivity contribution in [3.05, 3.63) is 80.8 Å². The van der Waals surface area contributed by atoms with E-state index in [1.54, 1.807) is 11.3 Å². The summed E-state index contributed by atoms with van der Waals surface area (Å²) in [5.41, 5.74) is 3.95. The number of hydrogen-bond acceptors (Lipinski definition) is 3. The second-order valence-corrected chi connectivity index (χ2v) is 7.20. The van der Waals surface area contributed by atoms with Crippen LogP contribution in [0.5, 0.6) is 0 Å². The number of benzene rings is 2. The van der Waals surface area contributed by atoms with Gasteiger partial charge in [-0.05, 0) is 41.8 Å². The van der Waals surface area contributed by atoms with Gasteiger partial charge in [-0.2, -0.15) is 0 Å². The molecular formula is C20H19ClN2OS. The van der Waals surface area contributed by atoms with Gasteiger partial charge in [0.1, 0.15) is 0 Å². The monoisotopic (exact) mass is 370 g/mol. The van der Waals surface area contributed by atoms with Crippen LogP contribution in [0.4, 0.5) is 5.69 Å². The molecule has 2 aromatic carbocycles. The van der Waals surface area contributed by atoms with Gasteiger partial charge in [-0.25, -0.2) is 4.98 Å². The quantitative estimate of drug-likeness (QED) is 0.653. The van der Waals surface area contributed by atoms with Gasteiger partial charge < -0.3 is 5.32 Å². The summed E-state index contributed by atoms with van der Waals surface area (Å²) < 4.78 is 0. The van der Waals surface area contributed by atoms with E-state index in [0.29, 0.717) is 0 Å². The summed E-state index contributed by atoms with van der Waals surface area (Å²) in [6.45, 7) is 2.09. The molecule has 0 saturated carbocycles. The minimum Gasteiger partial charge on any atom is -0.326 e. The fourth-order valence-corrected chi connectivity index (χ4v) is 3.61. The molecule has 1 amide bonds. The van der Waals surface area contributed by atoms with Crippen LogP contribution in [0, 0.1) is 0 Å². The van der Waals surface area contributed by atoms with Gasteiger partial charge in [-0.15, -0.1) is 11.3 Å². The minimum absolute atomic E-state index is 0.0483. The van der Waals surface area contributed by atoms with E-state index >= 15 is 0 Å². The van der Waals surface area contributed by atoms with Crippen molar-refractivity contribution in [2.24, 2.45) is 0 Å². The van der Waals surface area contributed by atoms with E-state index in [1.165, 1.54) is 5.56 Å². The zero-order chi connectivity index (χ0) is 17.6. The molecule has 1 heterocycles. The Hall–Kier alpha value is -2.17. The average Bonchev–Trinajstić information content (AvgIpc) is 3.01. The first kappa shape index (κ1) is 17.6. The lowest BCUT2D eigenvalue weighted by Gasteiger charge is -2.05. The number of hydrogen-bond donors (Lipinski definition) is 1. The molecule has 0 aliphatic carbocycles. The van der Waals surface area contributed by atoms with Crippen LogP contribution in [0.3, 0.4) is 0 Å². The Morgan fingerprint density at radius 3 is 2.76 bits per heavy atom. The molecule has 0 radical (unpaired) electrons. The van der Waals surface area contributed by atoms with E-state index in [0.717, 1.165) is 39.8 Å². The summed E-state index contributed by atoms with van der Waals surface area (Å²) in [6.07, 6.45) is 1.95. The highest BCUT2D eigenvalue weighted by molar-refractivity contribution is 7.09. The lowest BCUT2D eigenvalue weighted by atomic mass is 10.1. The van der Waals surface area contributed by atoms with Crippen molar-refractivity contribution in [3.63, 3.8) is 0 Å². The first-order chi connectivity index (χ1) is 12.1. The number of halogens is 1. The topological polar surface area (TPSA) is 42.0 Å². The molecule has 3 rings (SSSR count). The number of rotatable bonds is 6. The fourth-order valence-electron chi connectivity index (χ4n) is 2.57. The number of carbonyl (C=O) groups is 1. The molecule has 0 atom stereocenters. The van der Waals surface area contributed by atoms with Crippen molar-refractivity contribution in [1.29, 1.82) is 0 Å². The molecule has 0 spiro atoms. The van der Waals surface area contributed by atoms with Gasteiger partial charge >= 0.3 is 0 Å². The number of nitrogens with one attached hydrogen (secondary N) is 1. The second kappa shape index (κ2) is 8.28. The Morgan fingerprint density at radius 1 is 1.16 bits per heavy atom. The normalized spacial score (nSPS) is 10.6. The summed E-state index contributed by atoms with van der Waals surface area (Å²) in [7, 11) is 0. The van der Waals surface area contributed by atoms with Crippen molar-refractivity contribution in [1.82, 2.24) is 4.98 Å². The van der Waals surface area contributed by atoms with Crippen molar-refractivity contribution >= 4 is 34.5 Å². The lowest BCUT2D eigenvalue weighted by molar-refractivity contribution is -0.115. The highest BCUT2D eigenvalue weighted by atomic mass is 35.5. The predicted octanol–water partition coefficient (Wildman–Crippen LogP) is 5.13. The highest BCUT2D eigenvalue weighted by Crippen LogP contribution is 2.18. The molecule has 3 nitrogen and oxygen atoms in total. The van der Waals surface area contributed by atoms with E-state index in [1.807, 2.05) is 47.8 Å². The van der Waals surface area contributed by atoms with Crippen molar-refractivity contribution in [2.75, 3.05) is 5.32 Å². The second-order valence-electron chi connectivity index (χ2n) is 5.82. The molecule has 1 aromatic heterocycles. The number of nitrogens with zero attached hydrogens (tertiary/aromatic N) is 1. The predicted molar refractivity (Wildman–Crippen MR) is 105 cm³/mol. The van der Waals surface area contributed by atoms with E-state index in [9.17, 15) is 4.79 Å². The summed E-state index contributed by atoms with van der Waals surface area (Å²) in [5, 5.41) is 6.60. The summed E-state index contributed by atoms with van der Waals surface area (Å²) in [4.78, 5) is 16.8. The fraction of sp³-hybridized carbons (Fsp3) is 0.200. The highest BCUT2D eigenvalue weighted by Gasteiger charge is 2.09. The summed E-state index contributed by atoms with van der Waals surface area (Å²) >= 11 is 7.58.